The lowest BCUT2D eigenvalue weighted by Crippen LogP contribution is -2.42. The minimum atomic E-state index is -4.88. The summed E-state index contributed by atoms with van der Waals surface area (Å²) in [6.45, 7) is 8.69. The van der Waals surface area contributed by atoms with Crippen LogP contribution in [-0.2, 0) is 11.2 Å². The zero-order valence-corrected chi connectivity index (χ0v) is 25.2. The fourth-order valence-corrected chi connectivity index (χ4v) is 5.54. The number of piperidine rings is 2. The number of nitrogens with zero attached hydrogens (tertiary/aromatic N) is 3. The molecule has 0 bridgehead atoms. The summed E-state index contributed by atoms with van der Waals surface area (Å²) in [6, 6.07) is 9.60. The van der Waals surface area contributed by atoms with E-state index in [-0.39, 0.29) is 10.6 Å². The smallest absolute Gasteiger partial charge is 0.404 e. The third-order valence-corrected chi connectivity index (χ3v) is 8.23. The topological polar surface area (TPSA) is 89.2 Å². The van der Waals surface area contributed by atoms with Crippen LogP contribution in [-0.4, -0.2) is 72.0 Å². The second-order valence-electron chi connectivity index (χ2n) is 10.9. The van der Waals surface area contributed by atoms with Crippen LogP contribution >= 0.6 is 11.6 Å². The average Bonchev–Trinajstić information content (AvgIpc) is 2.95. The molecule has 2 aliphatic heterocycles. The first kappa shape index (κ1) is 35.7. The van der Waals surface area contributed by atoms with Crippen molar-refractivity contribution in [3.8, 4) is 17.6 Å². The third kappa shape index (κ3) is 9.87. The van der Waals surface area contributed by atoms with Gasteiger partial charge in [0.25, 0.3) is 0 Å². The van der Waals surface area contributed by atoms with E-state index in [1.165, 1.54) is 24.3 Å². The summed E-state index contributed by atoms with van der Waals surface area (Å²) in [5.74, 6) is -1.05. The lowest BCUT2D eigenvalue weighted by Gasteiger charge is -2.38. The van der Waals surface area contributed by atoms with E-state index >= 15 is 0 Å². The van der Waals surface area contributed by atoms with Crippen molar-refractivity contribution in [3.63, 3.8) is 0 Å². The molecule has 2 aromatic carbocycles. The van der Waals surface area contributed by atoms with Gasteiger partial charge in [0.05, 0.1) is 21.8 Å². The minimum Gasteiger partial charge on any atom is -0.404 e. The Morgan fingerprint density at radius 3 is 1.70 bits per heavy atom. The Hall–Kier alpha value is -2.76. The molecule has 0 unspecified atom stereocenters. The molecule has 0 aromatic heterocycles. The Morgan fingerprint density at radius 2 is 1.25 bits per heavy atom. The van der Waals surface area contributed by atoms with Crippen LogP contribution in [0.1, 0.15) is 62.6 Å². The summed E-state index contributed by atoms with van der Waals surface area (Å²) in [6.07, 6.45) is -6.87. The molecule has 4 rings (SSSR count). The zero-order chi connectivity index (χ0) is 32.8. The summed E-state index contributed by atoms with van der Waals surface area (Å²) in [5, 5.41) is 30.2. The van der Waals surface area contributed by atoms with E-state index in [2.05, 4.69) is 26.2 Å². The SMILES string of the molecule is CCCN1CCC(O)(c2ccc(C#N)c(OC(F)(F)F)c2)CC1.CCN1CCC(O)(c2ccc(Cl)c(OC(F)(F)F)c2)CC1. The fraction of sp³-hybridized carbons (Fsp3) is 0.567. The summed E-state index contributed by atoms with van der Waals surface area (Å²) >= 11 is 5.72. The molecular formula is C30H36ClF6N3O4. The Balaban J connectivity index is 0.000000241. The molecule has 2 aromatic rings. The Kier molecular flexibility index (Phi) is 11.8. The van der Waals surface area contributed by atoms with E-state index < -0.39 is 35.4 Å². The number of benzene rings is 2. The largest absolute Gasteiger partial charge is 0.573 e. The standard InChI is InChI=1S/C16H19F3N2O2.C14H17ClF3NO2/c1-2-7-21-8-5-15(22,6-9-21)13-4-3-12(11-20)14(10-13)23-16(17,18)19;1-2-19-7-5-13(20,6-8-19)10-3-4-11(15)12(9-10)21-14(16,17)18/h3-4,10,22H,2,5-9H2,1H3;3-4,9,20H,2,5-8H2,1H3. The first-order chi connectivity index (χ1) is 20.5. The molecule has 2 saturated heterocycles. The number of likely N-dealkylation sites (tertiary alicyclic amines) is 2. The van der Waals surface area contributed by atoms with Crippen LogP contribution in [0.25, 0.3) is 0 Å². The Morgan fingerprint density at radius 1 is 0.795 bits per heavy atom. The Bertz CT molecular complexity index is 1290. The molecule has 0 spiro atoms. The van der Waals surface area contributed by atoms with E-state index in [4.69, 9.17) is 16.9 Å². The van der Waals surface area contributed by atoms with E-state index in [1.807, 2.05) is 6.92 Å². The van der Waals surface area contributed by atoms with E-state index in [0.29, 0.717) is 63.0 Å². The summed E-state index contributed by atoms with van der Waals surface area (Å²) in [5.41, 5.74) is -1.78. The van der Waals surface area contributed by atoms with Gasteiger partial charge in [0, 0.05) is 26.2 Å². The number of ether oxygens (including phenoxy) is 2. The number of nitriles is 1. The minimum absolute atomic E-state index is 0.134. The van der Waals surface area contributed by atoms with E-state index in [1.54, 1.807) is 12.1 Å². The normalized spacial score (nSPS) is 19.0. The van der Waals surface area contributed by atoms with Gasteiger partial charge >= 0.3 is 12.7 Å². The molecule has 14 heteroatoms. The molecular weight excluding hydrogens is 616 g/mol. The first-order valence-corrected chi connectivity index (χ1v) is 14.6. The molecule has 0 aliphatic carbocycles. The van der Waals surface area contributed by atoms with Crippen molar-refractivity contribution in [1.29, 1.82) is 5.26 Å². The van der Waals surface area contributed by atoms with Crippen LogP contribution in [0.15, 0.2) is 36.4 Å². The van der Waals surface area contributed by atoms with Crippen LogP contribution in [0, 0.1) is 11.3 Å². The van der Waals surface area contributed by atoms with Gasteiger partial charge in [0.2, 0.25) is 0 Å². The highest BCUT2D eigenvalue weighted by atomic mass is 35.5. The summed E-state index contributed by atoms with van der Waals surface area (Å²) in [4.78, 5) is 4.39. The van der Waals surface area contributed by atoms with E-state index in [9.17, 15) is 36.6 Å². The second-order valence-corrected chi connectivity index (χ2v) is 11.3. The molecule has 2 fully saturated rings. The van der Waals surface area contributed by atoms with Crippen LogP contribution in [0.5, 0.6) is 11.5 Å². The summed E-state index contributed by atoms with van der Waals surface area (Å²) in [7, 11) is 0. The number of aliphatic hydroxyl groups is 2. The molecule has 2 heterocycles. The van der Waals surface area contributed by atoms with Crippen molar-refractivity contribution in [2.24, 2.45) is 0 Å². The maximum atomic E-state index is 12.5. The van der Waals surface area contributed by atoms with Crippen LogP contribution in [0.4, 0.5) is 26.3 Å². The third-order valence-electron chi connectivity index (χ3n) is 7.91. The molecule has 0 saturated carbocycles. The number of halogens is 7. The first-order valence-electron chi connectivity index (χ1n) is 14.3. The molecule has 0 amide bonds. The lowest BCUT2D eigenvalue weighted by atomic mass is 9.84. The van der Waals surface area contributed by atoms with Crippen molar-refractivity contribution < 1.29 is 46.0 Å². The van der Waals surface area contributed by atoms with Crippen LogP contribution in [0.2, 0.25) is 5.02 Å². The number of rotatable bonds is 7. The zero-order valence-electron chi connectivity index (χ0n) is 24.4. The monoisotopic (exact) mass is 651 g/mol. The summed E-state index contributed by atoms with van der Waals surface area (Å²) < 4.78 is 82.2. The predicted molar refractivity (Wildman–Crippen MR) is 151 cm³/mol. The van der Waals surface area contributed by atoms with Gasteiger partial charge in [-0.25, -0.2) is 0 Å². The molecule has 2 aliphatic rings. The maximum absolute atomic E-state index is 12.5. The van der Waals surface area contributed by atoms with Crippen LogP contribution in [0.3, 0.4) is 0 Å². The number of hydrogen-bond donors (Lipinski definition) is 2. The molecule has 2 N–H and O–H groups in total. The number of alkyl halides is 6. The molecule has 244 valence electrons. The molecule has 44 heavy (non-hydrogen) atoms. The molecule has 7 nitrogen and oxygen atoms in total. The average molecular weight is 652 g/mol. The van der Waals surface area contributed by atoms with Crippen molar-refractivity contribution in [1.82, 2.24) is 9.80 Å². The van der Waals surface area contributed by atoms with Gasteiger partial charge in [-0.15, -0.1) is 26.3 Å². The van der Waals surface area contributed by atoms with Gasteiger partial charge in [-0.2, -0.15) is 5.26 Å². The Labute approximate surface area is 257 Å². The van der Waals surface area contributed by atoms with E-state index in [0.717, 1.165) is 25.6 Å². The van der Waals surface area contributed by atoms with Crippen molar-refractivity contribution >= 4 is 11.6 Å². The highest BCUT2D eigenvalue weighted by molar-refractivity contribution is 6.32. The highest BCUT2D eigenvalue weighted by Gasteiger charge is 2.38. The fourth-order valence-electron chi connectivity index (χ4n) is 5.39. The maximum Gasteiger partial charge on any atom is 0.573 e. The second kappa shape index (κ2) is 14.6. The molecule has 0 radical (unpaired) electrons. The predicted octanol–water partition coefficient (Wildman–Crippen LogP) is 6.69. The van der Waals surface area contributed by atoms with Crippen molar-refractivity contribution in [2.75, 3.05) is 39.3 Å². The van der Waals surface area contributed by atoms with Gasteiger partial charge in [-0.05, 0) is 80.6 Å². The quantitative estimate of drug-likeness (QED) is 0.323. The van der Waals surface area contributed by atoms with Crippen molar-refractivity contribution in [3.05, 3.63) is 58.1 Å². The highest BCUT2D eigenvalue weighted by Crippen LogP contribution is 2.39. The van der Waals surface area contributed by atoms with Gasteiger partial charge in [0.15, 0.2) is 0 Å². The van der Waals surface area contributed by atoms with Crippen molar-refractivity contribution in [2.45, 2.75) is 69.9 Å². The van der Waals surface area contributed by atoms with Gasteiger partial charge in [-0.1, -0.05) is 37.6 Å². The van der Waals surface area contributed by atoms with Gasteiger partial charge < -0.3 is 29.5 Å². The molecule has 0 atom stereocenters. The number of hydrogen-bond acceptors (Lipinski definition) is 7. The van der Waals surface area contributed by atoms with Gasteiger partial charge in [0.1, 0.15) is 17.6 Å². The van der Waals surface area contributed by atoms with Crippen LogP contribution < -0.4 is 9.47 Å². The van der Waals surface area contributed by atoms with Gasteiger partial charge in [-0.3, -0.25) is 0 Å². The lowest BCUT2D eigenvalue weighted by molar-refractivity contribution is -0.275.